The third-order valence-electron chi connectivity index (χ3n) is 6.29. The SMILES string of the molecule is Cc1ccc(C(=O)N2CCOc3c(cc(-c4ccccc4C)cc3OC[C@@H]3CCOC3)C2)s1. The second kappa shape index (κ2) is 9.57. The molecule has 6 heteroatoms. The number of amides is 1. The van der Waals surface area contributed by atoms with Crippen LogP contribution in [0, 0.1) is 19.8 Å². The van der Waals surface area contributed by atoms with E-state index in [4.69, 9.17) is 14.2 Å². The average Bonchev–Trinajstić information content (AvgIpc) is 3.44. The van der Waals surface area contributed by atoms with Crippen molar-refractivity contribution in [3.05, 3.63) is 69.4 Å². The predicted molar refractivity (Wildman–Crippen MR) is 130 cm³/mol. The van der Waals surface area contributed by atoms with Gasteiger partial charge in [-0.05, 0) is 61.2 Å². The standard InChI is InChI=1S/C27H29NO4S/c1-18-5-3-4-6-23(18)21-13-22-15-28(27(29)25-8-7-19(2)33-25)10-12-31-26(22)24(14-21)32-17-20-9-11-30-16-20/h3-8,13-14,20H,9-12,15-17H2,1-2H3/t20-/m1/s1. The normalized spacial score (nSPS) is 17.9. The number of benzene rings is 2. The Morgan fingerprint density at radius 1 is 1.15 bits per heavy atom. The summed E-state index contributed by atoms with van der Waals surface area (Å²) in [5, 5.41) is 0. The van der Waals surface area contributed by atoms with Gasteiger partial charge in [-0.2, -0.15) is 0 Å². The maximum Gasteiger partial charge on any atom is 0.264 e. The fourth-order valence-corrected chi connectivity index (χ4v) is 5.28. The van der Waals surface area contributed by atoms with Crippen LogP contribution in [0.25, 0.3) is 11.1 Å². The highest BCUT2D eigenvalue weighted by molar-refractivity contribution is 7.13. The van der Waals surface area contributed by atoms with Crippen LogP contribution in [0.2, 0.25) is 0 Å². The molecule has 0 bridgehead atoms. The Balaban J connectivity index is 1.50. The summed E-state index contributed by atoms with van der Waals surface area (Å²) in [7, 11) is 0. The van der Waals surface area contributed by atoms with Crippen molar-refractivity contribution >= 4 is 17.2 Å². The molecule has 1 amide bonds. The highest BCUT2D eigenvalue weighted by Gasteiger charge is 2.26. The van der Waals surface area contributed by atoms with Crippen LogP contribution >= 0.6 is 11.3 Å². The van der Waals surface area contributed by atoms with Crippen LogP contribution < -0.4 is 9.47 Å². The lowest BCUT2D eigenvalue weighted by atomic mass is 9.97. The first kappa shape index (κ1) is 22.0. The fourth-order valence-electron chi connectivity index (χ4n) is 4.44. The molecule has 0 unspecified atom stereocenters. The summed E-state index contributed by atoms with van der Waals surface area (Å²) in [4.78, 5) is 17.0. The van der Waals surface area contributed by atoms with Gasteiger partial charge in [-0.3, -0.25) is 4.79 Å². The first-order chi connectivity index (χ1) is 16.1. The summed E-state index contributed by atoms with van der Waals surface area (Å²) < 4.78 is 18.0. The minimum atomic E-state index is 0.0522. The zero-order chi connectivity index (χ0) is 22.8. The zero-order valence-electron chi connectivity index (χ0n) is 19.1. The van der Waals surface area contributed by atoms with Crippen molar-refractivity contribution in [1.29, 1.82) is 0 Å². The van der Waals surface area contributed by atoms with Crippen molar-refractivity contribution in [3.8, 4) is 22.6 Å². The van der Waals surface area contributed by atoms with Crippen LogP contribution in [0.3, 0.4) is 0 Å². The van der Waals surface area contributed by atoms with Crippen molar-refractivity contribution in [3.63, 3.8) is 0 Å². The lowest BCUT2D eigenvalue weighted by Crippen LogP contribution is -2.31. The van der Waals surface area contributed by atoms with Gasteiger partial charge in [0, 0.05) is 29.5 Å². The summed E-state index contributed by atoms with van der Waals surface area (Å²) in [6, 6.07) is 16.5. The van der Waals surface area contributed by atoms with E-state index in [9.17, 15) is 4.79 Å². The Morgan fingerprint density at radius 2 is 2.03 bits per heavy atom. The molecule has 2 aliphatic heterocycles. The Kier molecular flexibility index (Phi) is 6.38. The number of nitrogens with zero attached hydrogens (tertiary/aromatic N) is 1. The number of rotatable bonds is 5. The lowest BCUT2D eigenvalue weighted by Gasteiger charge is -2.20. The number of hydrogen-bond acceptors (Lipinski definition) is 5. The Bertz CT molecular complexity index is 1150. The number of carbonyl (C=O) groups is 1. The predicted octanol–water partition coefficient (Wildman–Crippen LogP) is 5.48. The molecule has 0 aliphatic carbocycles. The second-order valence-electron chi connectivity index (χ2n) is 8.80. The second-order valence-corrected chi connectivity index (χ2v) is 10.1. The first-order valence-corrected chi connectivity index (χ1v) is 12.3. The molecular weight excluding hydrogens is 434 g/mol. The van der Waals surface area contributed by atoms with Gasteiger partial charge in [0.25, 0.3) is 5.91 Å². The lowest BCUT2D eigenvalue weighted by molar-refractivity contribution is 0.0738. The summed E-state index contributed by atoms with van der Waals surface area (Å²) in [6.07, 6.45) is 1.02. The summed E-state index contributed by atoms with van der Waals surface area (Å²) in [5.41, 5.74) is 4.41. The van der Waals surface area contributed by atoms with E-state index in [0.29, 0.717) is 32.2 Å². The molecule has 5 rings (SSSR count). The molecule has 1 aromatic heterocycles. The van der Waals surface area contributed by atoms with Crippen LogP contribution in [0.1, 0.15) is 32.1 Å². The van der Waals surface area contributed by atoms with Gasteiger partial charge in [0.15, 0.2) is 11.5 Å². The first-order valence-electron chi connectivity index (χ1n) is 11.5. The highest BCUT2D eigenvalue weighted by Crippen LogP contribution is 2.40. The molecule has 33 heavy (non-hydrogen) atoms. The fraction of sp³-hybridized carbons (Fsp3) is 0.370. The molecule has 1 atom stereocenters. The van der Waals surface area contributed by atoms with Crippen LogP contribution in [-0.2, 0) is 11.3 Å². The van der Waals surface area contributed by atoms with E-state index in [2.05, 4.69) is 37.3 Å². The van der Waals surface area contributed by atoms with E-state index in [1.165, 1.54) is 16.9 Å². The molecule has 3 heterocycles. The molecule has 1 fully saturated rings. The van der Waals surface area contributed by atoms with E-state index >= 15 is 0 Å². The van der Waals surface area contributed by atoms with Gasteiger partial charge in [0.2, 0.25) is 0 Å². The van der Waals surface area contributed by atoms with Crippen molar-refractivity contribution in [2.75, 3.05) is 33.0 Å². The van der Waals surface area contributed by atoms with Gasteiger partial charge in [-0.1, -0.05) is 24.3 Å². The maximum atomic E-state index is 13.2. The Morgan fingerprint density at radius 3 is 2.79 bits per heavy atom. The van der Waals surface area contributed by atoms with Gasteiger partial charge >= 0.3 is 0 Å². The van der Waals surface area contributed by atoms with E-state index in [1.807, 2.05) is 30.0 Å². The number of aryl methyl sites for hydroxylation is 2. The molecule has 0 radical (unpaired) electrons. The minimum Gasteiger partial charge on any atom is -0.489 e. The minimum absolute atomic E-state index is 0.0522. The van der Waals surface area contributed by atoms with Gasteiger partial charge in [0.1, 0.15) is 6.61 Å². The third-order valence-corrected chi connectivity index (χ3v) is 7.28. The van der Waals surface area contributed by atoms with Crippen LogP contribution in [0.5, 0.6) is 11.5 Å². The summed E-state index contributed by atoms with van der Waals surface area (Å²) in [5.74, 6) is 1.95. The molecule has 172 valence electrons. The molecular formula is C27H29NO4S. The highest BCUT2D eigenvalue weighted by atomic mass is 32.1. The smallest absolute Gasteiger partial charge is 0.264 e. The molecule has 3 aromatic rings. The molecule has 5 nitrogen and oxygen atoms in total. The molecule has 0 spiro atoms. The number of fused-ring (bicyclic) bond motifs is 1. The number of ether oxygens (including phenoxy) is 3. The zero-order valence-corrected chi connectivity index (χ0v) is 20.0. The maximum absolute atomic E-state index is 13.2. The summed E-state index contributed by atoms with van der Waals surface area (Å²) in [6.45, 7) is 7.75. The quantitative estimate of drug-likeness (QED) is 0.503. The van der Waals surface area contributed by atoms with E-state index in [1.54, 1.807) is 0 Å². The van der Waals surface area contributed by atoms with Gasteiger partial charge in [-0.25, -0.2) is 0 Å². The molecule has 0 saturated carbocycles. The average molecular weight is 464 g/mol. The molecule has 2 aromatic carbocycles. The number of carbonyl (C=O) groups excluding carboxylic acids is 1. The topological polar surface area (TPSA) is 48.0 Å². The number of thiophene rings is 1. The van der Waals surface area contributed by atoms with Crippen molar-refractivity contribution in [1.82, 2.24) is 4.90 Å². The van der Waals surface area contributed by atoms with Crippen molar-refractivity contribution in [2.45, 2.75) is 26.8 Å². The van der Waals surface area contributed by atoms with Crippen LogP contribution in [0.15, 0.2) is 48.5 Å². The molecule has 1 saturated heterocycles. The van der Waals surface area contributed by atoms with Gasteiger partial charge in [-0.15, -0.1) is 11.3 Å². The summed E-state index contributed by atoms with van der Waals surface area (Å²) >= 11 is 1.54. The molecule has 0 N–H and O–H groups in total. The van der Waals surface area contributed by atoms with Crippen LogP contribution in [0.4, 0.5) is 0 Å². The largest absolute Gasteiger partial charge is 0.489 e. The van der Waals surface area contributed by atoms with Crippen LogP contribution in [-0.4, -0.2) is 43.8 Å². The number of hydrogen-bond donors (Lipinski definition) is 0. The van der Waals surface area contributed by atoms with E-state index in [-0.39, 0.29) is 5.91 Å². The van der Waals surface area contributed by atoms with E-state index < -0.39 is 0 Å². The van der Waals surface area contributed by atoms with E-state index in [0.717, 1.165) is 57.6 Å². The van der Waals surface area contributed by atoms with Gasteiger partial charge in [0.05, 0.1) is 24.6 Å². The Labute approximate surface area is 198 Å². The monoisotopic (exact) mass is 463 g/mol. The Hall–Kier alpha value is -2.83. The van der Waals surface area contributed by atoms with Crippen molar-refractivity contribution < 1.29 is 19.0 Å². The molecule has 2 aliphatic rings. The van der Waals surface area contributed by atoms with Crippen molar-refractivity contribution in [2.24, 2.45) is 5.92 Å². The van der Waals surface area contributed by atoms with Gasteiger partial charge < -0.3 is 19.1 Å². The third kappa shape index (κ3) is 4.77.